The number of carbonyl (C=O) groups is 2. The first-order valence-corrected chi connectivity index (χ1v) is 2.67. The minimum atomic E-state index is -1.54. The van der Waals surface area contributed by atoms with E-state index in [2.05, 4.69) is 0 Å². The summed E-state index contributed by atoms with van der Waals surface area (Å²) in [6.07, 6.45) is -0.345. The second kappa shape index (κ2) is 2.66. The molecule has 1 amide bonds. The van der Waals surface area contributed by atoms with Crippen molar-refractivity contribution >= 4 is 11.9 Å². The van der Waals surface area contributed by atoms with Crippen molar-refractivity contribution in [2.75, 3.05) is 0 Å². The highest BCUT2D eigenvalue weighted by Crippen LogP contribution is 2.03. The van der Waals surface area contributed by atoms with Gasteiger partial charge in [-0.05, 0) is 6.92 Å². The van der Waals surface area contributed by atoms with E-state index in [-0.39, 0.29) is 6.42 Å². The molecule has 58 valence electrons. The third-order valence-corrected chi connectivity index (χ3v) is 1.03. The zero-order chi connectivity index (χ0) is 8.36. The Labute approximate surface area is 58.0 Å². The van der Waals surface area contributed by atoms with Gasteiger partial charge in [-0.25, -0.2) is 0 Å². The molecule has 0 aromatic heterocycles. The van der Waals surface area contributed by atoms with Crippen LogP contribution in [0.2, 0.25) is 0 Å². The minimum Gasteiger partial charge on any atom is -0.480 e. The largest absolute Gasteiger partial charge is 0.480 e. The summed E-state index contributed by atoms with van der Waals surface area (Å²) in [5, 5.41) is 8.36. The number of aliphatic carboxylic acids is 1. The number of rotatable bonds is 3. The fourth-order valence-corrected chi connectivity index (χ4v) is 0.438. The number of amides is 1. The summed E-state index contributed by atoms with van der Waals surface area (Å²) in [5.74, 6) is -1.95. The van der Waals surface area contributed by atoms with Crippen molar-refractivity contribution in [2.45, 2.75) is 18.9 Å². The molecule has 0 aromatic rings. The number of hydrogen-bond donors (Lipinski definition) is 3. The molecule has 0 aliphatic rings. The van der Waals surface area contributed by atoms with Crippen LogP contribution in [0.4, 0.5) is 0 Å². The van der Waals surface area contributed by atoms with Gasteiger partial charge in [-0.1, -0.05) is 0 Å². The zero-order valence-electron chi connectivity index (χ0n) is 5.63. The van der Waals surface area contributed by atoms with E-state index < -0.39 is 17.4 Å². The Bertz CT molecular complexity index is 164. The normalized spacial score (nSPS) is 15.8. The lowest BCUT2D eigenvalue weighted by Crippen LogP contribution is -2.47. The maximum absolute atomic E-state index is 10.2. The molecule has 0 spiro atoms. The maximum Gasteiger partial charge on any atom is 0.323 e. The summed E-state index contributed by atoms with van der Waals surface area (Å²) < 4.78 is 0. The Balaban J connectivity index is 4.13. The quantitative estimate of drug-likeness (QED) is 0.458. The Hall–Kier alpha value is -1.10. The first kappa shape index (κ1) is 8.90. The van der Waals surface area contributed by atoms with E-state index in [9.17, 15) is 9.59 Å². The topological polar surface area (TPSA) is 106 Å². The van der Waals surface area contributed by atoms with Crippen molar-refractivity contribution in [1.29, 1.82) is 0 Å². The van der Waals surface area contributed by atoms with Crippen LogP contribution in [0, 0.1) is 0 Å². The molecular weight excluding hydrogens is 136 g/mol. The minimum absolute atomic E-state index is 0.345. The van der Waals surface area contributed by atoms with Crippen molar-refractivity contribution in [1.82, 2.24) is 0 Å². The lowest BCUT2D eigenvalue weighted by molar-refractivity contribution is -0.144. The van der Waals surface area contributed by atoms with E-state index >= 15 is 0 Å². The van der Waals surface area contributed by atoms with Crippen molar-refractivity contribution in [2.24, 2.45) is 11.5 Å². The SMILES string of the molecule is CC(N)(CC(N)=O)C(=O)O. The van der Waals surface area contributed by atoms with Gasteiger partial charge in [-0.15, -0.1) is 0 Å². The van der Waals surface area contributed by atoms with Crippen LogP contribution in [0.5, 0.6) is 0 Å². The molecule has 0 saturated carbocycles. The molecule has 0 heterocycles. The van der Waals surface area contributed by atoms with Crippen molar-refractivity contribution in [3.63, 3.8) is 0 Å². The van der Waals surface area contributed by atoms with Crippen LogP contribution in [0.15, 0.2) is 0 Å². The molecule has 0 radical (unpaired) electrons. The van der Waals surface area contributed by atoms with Gasteiger partial charge in [0.25, 0.3) is 0 Å². The first-order valence-electron chi connectivity index (χ1n) is 2.67. The van der Waals surface area contributed by atoms with Gasteiger partial charge >= 0.3 is 5.97 Å². The molecule has 5 nitrogen and oxygen atoms in total. The smallest absolute Gasteiger partial charge is 0.323 e. The number of primary amides is 1. The molecule has 0 bridgehead atoms. The summed E-state index contributed by atoms with van der Waals surface area (Å²) in [6.45, 7) is 1.24. The van der Waals surface area contributed by atoms with Gasteiger partial charge in [0.2, 0.25) is 5.91 Å². The molecule has 5 heteroatoms. The summed E-state index contributed by atoms with van der Waals surface area (Å²) in [4.78, 5) is 20.4. The fraction of sp³-hybridized carbons (Fsp3) is 0.600. The van der Waals surface area contributed by atoms with Gasteiger partial charge < -0.3 is 16.6 Å². The third kappa shape index (κ3) is 2.45. The van der Waals surface area contributed by atoms with Gasteiger partial charge in [0.05, 0.1) is 6.42 Å². The summed E-state index contributed by atoms with van der Waals surface area (Å²) in [7, 11) is 0. The summed E-state index contributed by atoms with van der Waals surface area (Å²) in [5.41, 5.74) is 8.36. The second-order valence-electron chi connectivity index (χ2n) is 2.37. The van der Waals surface area contributed by atoms with Crippen LogP contribution in [0.25, 0.3) is 0 Å². The number of carboxylic acids is 1. The predicted molar refractivity (Wildman–Crippen MR) is 34.0 cm³/mol. The lowest BCUT2D eigenvalue weighted by atomic mass is 10.00. The van der Waals surface area contributed by atoms with E-state index in [1.54, 1.807) is 0 Å². The molecule has 1 unspecified atom stereocenters. The average molecular weight is 146 g/mol. The van der Waals surface area contributed by atoms with E-state index in [1.165, 1.54) is 6.92 Å². The highest BCUT2D eigenvalue weighted by atomic mass is 16.4. The van der Waals surface area contributed by atoms with Gasteiger partial charge in [0.1, 0.15) is 5.54 Å². The van der Waals surface area contributed by atoms with Crippen LogP contribution < -0.4 is 11.5 Å². The highest BCUT2D eigenvalue weighted by Gasteiger charge is 2.29. The van der Waals surface area contributed by atoms with Crippen molar-refractivity contribution in [3.8, 4) is 0 Å². The lowest BCUT2D eigenvalue weighted by Gasteiger charge is -2.15. The molecule has 0 rings (SSSR count). The average Bonchev–Trinajstić information content (AvgIpc) is 1.60. The van der Waals surface area contributed by atoms with Gasteiger partial charge in [0, 0.05) is 0 Å². The monoisotopic (exact) mass is 146 g/mol. The molecule has 0 aliphatic carbocycles. The molecule has 10 heavy (non-hydrogen) atoms. The Morgan fingerprint density at radius 1 is 1.60 bits per heavy atom. The molecule has 0 aliphatic heterocycles. The van der Waals surface area contributed by atoms with Gasteiger partial charge in [-0.2, -0.15) is 0 Å². The zero-order valence-corrected chi connectivity index (χ0v) is 5.63. The number of hydrogen-bond acceptors (Lipinski definition) is 3. The van der Waals surface area contributed by atoms with Crippen LogP contribution in [0.3, 0.4) is 0 Å². The third-order valence-electron chi connectivity index (χ3n) is 1.03. The van der Waals surface area contributed by atoms with Gasteiger partial charge in [-0.3, -0.25) is 9.59 Å². The second-order valence-corrected chi connectivity index (χ2v) is 2.37. The van der Waals surface area contributed by atoms with Crippen LogP contribution >= 0.6 is 0 Å². The Morgan fingerprint density at radius 3 is 2.10 bits per heavy atom. The van der Waals surface area contributed by atoms with Crippen LogP contribution in [-0.2, 0) is 9.59 Å². The van der Waals surface area contributed by atoms with E-state index in [1.807, 2.05) is 0 Å². The van der Waals surface area contributed by atoms with Crippen molar-refractivity contribution in [3.05, 3.63) is 0 Å². The molecule has 0 fully saturated rings. The Morgan fingerprint density at radius 2 is 2.00 bits per heavy atom. The van der Waals surface area contributed by atoms with E-state index in [0.29, 0.717) is 0 Å². The predicted octanol–water partition coefficient (Wildman–Crippen LogP) is -1.34. The van der Waals surface area contributed by atoms with Crippen molar-refractivity contribution < 1.29 is 14.7 Å². The van der Waals surface area contributed by atoms with E-state index in [0.717, 1.165) is 0 Å². The van der Waals surface area contributed by atoms with Gasteiger partial charge in [0.15, 0.2) is 0 Å². The standard InChI is InChI=1S/C5H10N2O3/c1-5(7,4(9)10)2-3(6)8/h2,7H2,1H3,(H2,6,8)(H,9,10). The molecule has 1 atom stereocenters. The maximum atomic E-state index is 10.2. The van der Waals surface area contributed by atoms with E-state index in [4.69, 9.17) is 16.6 Å². The number of carboxylic acid groups (broad SMARTS) is 1. The molecule has 0 saturated heterocycles. The molecule has 5 N–H and O–H groups in total. The first-order chi connectivity index (χ1) is 4.36. The molecule has 0 aromatic carbocycles. The Kier molecular flexibility index (Phi) is 2.36. The van der Waals surface area contributed by atoms with Crippen LogP contribution in [0.1, 0.15) is 13.3 Å². The summed E-state index contributed by atoms with van der Waals surface area (Å²) >= 11 is 0. The highest BCUT2D eigenvalue weighted by molar-refractivity contribution is 5.86. The summed E-state index contributed by atoms with van der Waals surface area (Å²) in [6, 6.07) is 0. The number of carbonyl (C=O) groups excluding carboxylic acids is 1. The molecular formula is C5H10N2O3. The fourth-order valence-electron chi connectivity index (χ4n) is 0.438. The van der Waals surface area contributed by atoms with Crippen LogP contribution in [-0.4, -0.2) is 22.5 Å². The number of nitrogens with two attached hydrogens (primary N) is 2.